The van der Waals surface area contributed by atoms with Crippen molar-refractivity contribution < 1.29 is 34.4 Å². The summed E-state index contributed by atoms with van der Waals surface area (Å²) in [5, 5.41) is 14.2. The number of ketones is 1. The maximum atomic E-state index is 11.5. The normalized spacial score (nSPS) is 12.6. The molecule has 38 heavy (non-hydrogen) atoms. The van der Waals surface area contributed by atoms with Crippen LogP contribution in [0.4, 0.5) is 0 Å². The number of fused-ring (bicyclic) bond motifs is 3. The van der Waals surface area contributed by atoms with E-state index in [1.54, 1.807) is 0 Å². The van der Waals surface area contributed by atoms with Gasteiger partial charge < -0.3 is 5.11 Å². The minimum atomic E-state index is -0.417. The van der Waals surface area contributed by atoms with Crippen molar-refractivity contribution >= 4 is 72.6 Å². The van der Waals surface area contributed by atoms with E-state index in [1.807, 2.05) is 59.7 Å². The van der Waals surface area contributed by atoms with Gasteiger partial charge in [-0.15, -0.1) is 0 Å². The van der Waals surface area contributed by atoms with Gasteiger partial charge in [-0.25, -0.2) is 0 Å². The zero-order valence-corrected chi connectivity index (χ0v) is 26.4. The van der Waals surface area contributed by atoms with Crippen LogP contribution < -0.4 is 0 Å². The molecule has 3 aromatic carbocycles. The fourth-order valence-electron chi connectivity index (χ4n) is 4.07. The molecule has 0 aliphatic heterocycles. The topological polar surface area (TPSA) is 63.3 Å². The Hall–Kier alpha value is -2.75. The first-order valence-electron chi connectivity index (χ1n) is 12.3. The van der Waals surface area contributed by atoms with Crippen LogP contribution in [0.2, 0.25) is 0 Å². The van der Waals surface area contributed by atoms with Gasteiger partial charge in [0, 0.05) is 37.0 Å². The van der Waals surface area contributed by atoms with Gasteiger partial charge in [0.05, 0.1) is 0 Å². The molecule has 4 nitrogen and oxygen atoms in total. The standard InChI is InChI=1S/C21H10NOSe.C11H20O2.Ir/c1-2-7-14-12(5-1)11-18-21(22-14)13-6-3-8-15-19(13)20-16(23-15)9-4-10-17(20)24-18;1-10(2,3)8(12)7-9(13)11(4,5)6;/h1-5,7-11H;7,12H,1-6H3;/q-1;;/b;8-7-;. The Morgan fingerprint density at radius 1 is 0.921 bits per heavy atom. The quantitative estimate of drug-likeness (QED) is 0.0795. The minimum absolute atomic E-state index is 0. The van der Waals surface area contributed by atoms with Crippen molar-refractivity contribution in [2.24, 2.45) is 10.8 Å². The molecule has 0 unspecified atom stereocenters. The van der Waals surface area contributed by atoms with Crippen molar-refractivity contribution in [3.8, 4) is 0 Å². The molecule has 3 heterocycles. The first-order valence-corrected chi connectivity index (χ1v) is 14.0. The molecule has 6 rings (SSSR count). The number of furan rings is 1. The molecular formula is C32H30IrNO3Se-. The molecule has 3 aromatic heterocycles. The molecule has 0 spiro atoms. The van der Waals surface area contributed by atoms with Crippen LogP contribution in [0.25, 0.3) is 52.3 Å². The number of hydrogen-bond donors (Lipinski definition) is 1. The van der Waals surface area contributed by atoms with Gasteiger partial charge >= 0.3 is 143 Å². The number of aliphatic hydroxyl groups excluding tert-OH is 1. The van der Waals surface area contributed by atoms with E-state index in [4.69, 9.17) is 9.40 Å². The second kappa shape index (κ2) is 10.4. The van der Waals surface area contributed by atoms with E-state index >= 15 is 0 Å². The first-order chi connectivity index (χ1) is 17.4. The van der Waals surface area contributed by atoms with E-state index < -0.39 is 5.41 Å². The summed E-state index contributed by atoms with van der Waals surface area (Å²) in [6.45, 7) is 11.1. The molecule has 197 valence electrons. The Morgan fingerprint density at radius 3 is 2.34 bits per heavy atom. The Bertz CT molecular complexity index is 1830. The summed E-state index contributed by atoms with van der Waals surface area (Å²) in [5.41, 5.74) is 3.20. The number of aromatic nitrogens is 1. The number of carbonyl (C=O) groups excluding carboxylic acids is 1. The van der Waals surface area contributed by atoms with Crippen LogP contribution in [0, 0.1) is 16.9 Å². The molecule has 0 fully saturated rings. The Labute approximate surface area is 241 Å². The summed E-state index contributed by atoms with van der Waals surface area (Å²) in [5.74, 6) is 0.104. The van der Waals surface area contributed by atoms with Crippen LogP contribution in [-0.2, 0) is 24.9 Å². The van der Waals surface area contributed by atoms with Crippen molar-refractivity contribution in [1.82, 2.24) is 4.98 Å². The van der Waals surface area contributed by atoms with Crippen LogP contribution in [0.1, 0.15) is 41.5 Å². The summed E-state index contributed by atoms with van der Waals surface area (Å²) in [7, 11) is 0. The Balaban J connectivity index is 0.000000209. The van der Waals surface area contributed by atoms with E-state index in [2.05, 4.69) is 48.5 Å². The van der Waals surface area contributed by atoms with E-state index in [0.717, 1.165) is 33.0 Å². The van der Waals surface area contributed by atoms with Crippen LogP contribution in [0.5, 0.6) is 0 Å². The van der Waals surface area contributed by atoms with Gasteiger partial charge in [-0.1, -0.05) is 41.5 Å². The summed E-state index contributed by atoms with van der Waals surface area (Å²) in [6.07, 6.45) is 1.33. The zero-order chi connectivity index (χ0) is 26.5. The second-order valence-electron chi connectivity index (χ2n) is 11.3. The molecule has 1 radical (unpaired) electrons. The van der Waals surface area contributed by atoms with Gasteiger partial charge in [0.15, 0.2) is 5.78 Å². The van der Waals surface area contributed by atoms with Crippen molar-refractivity contribution in [2.45, 2.75) is 41.5 Å². The predicted molar refractivity (Wildman–Crippen MR) is 154 cm³/mol. The van der Waals surface area contributed by atoms with E-state index in [9.17, 15) is 9.90 Å². The summed E-state index contributed by atoms with van der Waals surface area (Å²) >= 11 is 0.190. The number of carbonyl (C=O) groups is 1. The summed E-state index contributed by atoms with van der Waals surface area (Å²) < 4.78 is 8.74. The van der Waals surface area contributed by atoms with Gasteiger partial charge in [0.25, 0.3) is 0 Å². The molecule has 1 N–H and O–H groups in total. The third-order valence-corrected chi connectivity index (χ3v) is 8.63. The zero-order valence-electron chi connectivity index (χ0n) is 22.3. The van der Waals surface area contributed by atoms with Gasteiger partial charge in [-0.3, -0.25) is 4.79 Å². The van der Waals surface area contributed by atoms with Crippen LogP contribution >= 0.6 is 0 Å². The maximum absolute atomic E-state index is 11.5. The van der Waals surface area contributed by atoms with Gasteiger partial charge in [0.1, 0.15) is 5.76 Å². The Morgan fingerprint density at radius 2 is 1.63 bits per heavy atom. The van der Waals surface area contributed by atoms with Crippen LogP contribution in [0.15, 0.2) is 76.9 Å². The molecule has 0 saturated carbocycles. The number of para-hydroxylation sites is 1. The number of nitrogens with zero attached hydrogens (tertiary/aromatic N) is 1. The monoisotopic (exact) mass is 749 g/mol. The molecule has 0 amide bonds. The summed E-state index contributed by atoms with van der Waals surface area (Å²) in [4.78, 5) is 16.5. The number of hydrogen-bond acceptors (Lipinski definition) is 4. The fourth-order valence-corrected chi connectivity index (χ4v) is 6.42. The molecule has 6 aromatic rings. The number of allylic oxidation sites excluding steroid dienone is 2. The van der Waals surface area contributed by atoms with Gasteiger partial charge in [0.2, 0.25) is 0 Å². The first kappa shape index (κ1) is 28.3. The van der Waals surface area contributed by atoms with Crippen molar-refractivity contribution in [3.05, 3.63) is 78.6 Å². The second-order valence-corrected chi connectivity index (χ2v) is 13.6. The summed E-state index contributed by atoms with van der Waals surface area (Å²) in [6, 6.07) is 24.4. The van der Waals surface area contributed by atoms with Crippen molar-refractivity contribution in [1.29, 1.82) is 0 Å². The molecule has 0 bridgehead atoms. The predicted octanol–water partition coefficient (Wildman–Crippen LogP) is 8.38. The van der Waals surface area contributed by atoms with Gasteiger partial charge in [-0.2, -0.15) is 0 Å². The molecule has 6 heteroatoms. The average Bonchev–Trinajstić information content (AvgIpc) is 3.16. The fraction of sp³-hybridized carbons (Fsp3) is 0.250. The van der Waals surface area contributed by atoms with Crippen molar-refractivity contribution in [3.63, 3.8) is 0 Å². The number of pyridine rings is 1. The van der Waals surface area contributed by atoms with Crippen LogP contribution in [0.3, 0.4) is 0 Å². The van der Waals surface area contributed by atoms with E-state index in [0.29, 0.717) is 0 Å². The third-order valence-electron chi connectivity index (χ3n) is 6.34. The molecule has 0 aliphatic rings. The van der Waals surface area contributed by atoms with Crippen LogP contribution in [-0.4, -0.2) is 30.4 Å². The molecule has 0 atom stereocenters. The average molecular weight is 748 g/mol. The van der Waals surface area contributed by atoms with Crippen molar-refractivity contribution in [2.75, 3.05) is 0 Å². The Kier molecular flexibility index (Phi) is 7.76. The molecular weight excluding hydrogens is 718 g/mol. The number of aliphatic hydroxyl groups is 1. The molecule has 0 saturated heterocycles. The van der Waals surface area contributed by atoms with Gasteiger partial charge in [-0.05, 0) is 0 Å². The number of benzene rings is 3. The molecule has 0 aliphatic carbocycles. The third kappa shape index (κ3) is 5.37. The SMILES string of the molecule is CC(C)(C)C(=O)/C=C(\O)C(C)(C)C.[Ir].[c-]1ccc2oc3cccc4[se]c5cc6ccccc6nc5c1c2c34. The number of rotatable bonds is 1. The van der Waals surface area contributed by atoms with E-state index in [1.165, 1.54) is 25.4 Å². The van der Waals surface area contributed by atoms with E-state index in [-0.39, 0.29) is 51.6 Å².